The first-order valence-corrected chi connectivity index (χ1v) is 2.78. The Morgan fingerprint density at radius 1 is 0.588 bits per heavy atom. The second-order valence-corrected chi connectivity index (χ2v) is 1.56. The van der Waals surface area contributed by atoms with E-state index in [0.29, 0.717) is 0 Å². The number of hydrogen-bond donors (Lipinski definition) is 3. The van der Waals surface area contributed by atoms with Gasteiger partial charge in [-0.3, -0.25) is 14.4 Å². The Morgan fingerprint density at radius 2 is 0.588 bits per heavy atom. The smallest absolute Gasteiger partial charge is 0.300 e. The molecule has 0 rings (SSSR count). The van der Waals surface area contributed by atoms with E-state index in [-0.39, 0.29) is 60.5 Å². The summed E-state index contributed by atoms with van der Waals surface area (Å²) in [6, 6.07) is 0. The van der Waals surface area contributed by atoms with Gasteiger partial charge in [0, 0.05) is 59.4 Å². The zero-order valence-electron chi connectivity index (χ0n) is 9.40. The van der Waals surface area contributed by atoms with Gasteiger partial charge in [0.05, 0.1) is 0 Å². The van der Waals surface area contributed by atoms with Crippen molar-refractivity contribution >= 4 is 17.9 Å². The van der Waals surface area contributed by atoms with Crippen LogP contribution in [0.4, 0.5) is 0 Å². The van der Waals surface area contributed by atoms with Crippen molar-refractivity contribution in [3.63, 3.8) is 0 Å². The van der Waals surface area contributed by atoms with Gasteiger partial charge in [0.25, 0.3) is 17.9 Å². The first-order chi connectivity index (χ1) is 5.20. The molecule has 0 saturated heterocycles. The first-order valence-electron chi connectivity index (χ1n) is 2.78. The maximum absolute atomic E-state index is 9.00. The molecule has 113 valence electrons. The summed E-state index contributed by atoms with van der Waals surface area (Å²) in [5, 5.41) is 22.2. The van der Waals surface area contributed by atoms with Crippen molar-refractivity contribution in [1.29, 1.82) is 0 Å². The van der Waals surface area contributed by atoms with E-state index < -0.39 is 17.9 Å². The number of aliphatic carboxylic acids is 3. The second-order valence-electron chi connectivity index (χ2n) is 1.56. The molecule has 17 heavy (non-hydrogen) atoms. The predicted octanol–water partition coefficient (Wildman–Crippen LogP) is -3.03. The van der Waals surface area contributed by atoms with Crippen molar-refractivity contribution in [2.75, 3.05) is 0 Å². The molecule has 0 bridgehead atoms. The summed E-state index contributed by atoms with van der Waals surface area (Å²) in [5.41, 5.74) is 0. The number of carboxylic acids is 3. The SMILES string of the molecule is CC(=O)O.CC(=O)O.CC(=O)O.O.O.O.O.[Tb]. The number of rotatable bonds is 0. The largest absolute Gasteiger partial charge is 0.481 e. The molecule has 0 saturated carbocycles. The van der Waals surface area contributed by atoms with Gasteiger partial charge in [-0.1, -0.05) is 0 Å². The maximum Gasteiger partial charge on any atom is 0.300 e. The zero-order valence-corrected chi connectivity index (χ0v) is 11.5. The average Bonchev–Trinajstić information content (AvgIpc) is 1.54. The fourth-order valence-corrected chi connectivity index (χ4v) is 0. The minimum atomic E-state index is -0.833. The Labute approximate surface area is 128 Å². The van der Waals surface area contributed by atoms with Crippen LogP contribution in [-0.2, 0) is 14.4 Å². The maximum atomic E-state index is 9.00. The van der Waals surface area contributed by atoms with E-state index in [1.165, 1.54) is 0 Å². The molecule has 10 nitrogen and oxygen atoms in total. The molecule has 0 spiro atoms. The van der Waals surface area contributed by atoms with Gasteiger partial charge >= 0.3 is 0 Å². The summed E-state index contributed by atoms with van der Waals surface area (Å²) in [6.45, 7) is 3.25. The normalized spacial score (nSPS) is 4.41. The van der Waals surface area contributed by atoms with Crippen LogP contribution in [0.25, 0.3) is 0 Å². The quantitative estimate of drug-likeness (QED) is 0.374. The van der Waals surface area contributed by atoms with Gasteiger partial charge in [0.2, 0.25) is 0 Å². The van der Waals surface area contributed by atoms with Crippen LogP contribution in [0.2, 0.25) is 0 Å². The minimum Gasteiger partial charge on any atom is -0.481 e. The molecule has 0 aromatic rings. The van der Waals surface area contributed by atoms with Crippen molar-refractivity contribution < 1.29 is 90.2 Å². The third-order valence-electron chi connectivity index (χ3n) is 0. The molecular formula is C6H20O10Tb. The summed E-state index contributed by atoms with van der Waals surface area (Å²) < 4.78 is 0. The third-order valence-corrected chi connectivity index (χ3v) is 0. The van der Waals surface area contributed by atoms with Crippen LogP contribution in [0.15, 0.2) is 0 Å². The Balaban J connectivity index is -0.0000000104. The Kier molecular flexibility index (Phi) is 145. The molecule has 0 amide bonds. The van der Waals surface area contributed by atoms with Crippen LogP contribution in [-0.4, -0.2) is 55.1 Å². The van der Waals surface area contributed by atoms with Gasteiger partial charge in [-0.2, -0.15) is 0 Å². The summed E-state index contributed by atoms with van der Waals surface area (Å²) in [6.07, 6.45) is 0. The standard InChI is InChI=1S/3C2H4O2.4H2O.Tb/c3*1-2(3)4;;;;;/h3*1H3,(H,3,4);4*1H2;. The topological polar surface area (TPSA) is 238 Å². The molecule has 11 heteroatoms. The van der Waals surface area contributed by atoms with Gasteiger partial charge in [0.1, 0.15) is 0 Å². The molecule has 0 aliphatic carbocycles. The second kappa shape index (κ2) is 45.1. The fourth-order valence-electron chi connectivity index (χ4n) is 0. The number of carboxylic acid groups (broad SMARTS) is 3. The molecule has 0 aromatic heterocycles. The van der Waals surface area contributed by atoms with E-state index in [1.807, 2.05) is 0 Å². The Bertz CT molecular complexity index is 118. The van der Waals surface area contributed by atoms with Crippen LogP contribution in [0.1, 0.15) is 20.8 Å². The molecule has 1 radical (unpaired) electrons. The van der Waals surface area contributed by atoms with E-state index in [2.05, 4.69) is 0 Å². The van der Waals surface area contributed by atoms with E-state index in [4.69, 9.17) is 29.7 Å². The van der Waals surface area contributed by atoms with E-state index in [0.717, 1.165) is 20.8 Å². The number of carbonyl (C=O) groups is 3. The third kappa shape index (κ3) is 13200. The van der Waals surface area contributed by atoms with Crippen molar-refractivity contribution in [1.82, 2.24) is 0 Å². The van der Waals surface area contributed by atoms with Crippen molar-refractivity contribution in [3.05, 3.63) is 0 Å². The molecule has 11 N–H and O–H groups in total. The summed E-state index contributed by atoms with van der Waals surface area (Å²) >= 11 is 0. The van der Waals surface area contributed by atoms with Gasteiger partial charge in [-0.15, -0.1) is 0 Å². The summed E-state index contributed by atoms with van der Waals surface area (Å²) in [5.74, 6) is -2.50. The molecule has 0 aromatic carbocycles. The van der Waals surface area contributed by atoms with Crippen molar-refractivity contribution in [3.8, 4) is 0 Å². The van der Waals surface area contributed by atoms with Crippen LogP contribution >= 0.6 is 0 Å². The molecule has 0 aliphatic rings. The Hall–Kier alpha value is -0.464. The average molecular weight is 411 g/mol. The molecule has 0 atom stereocenters. The first kappa shape index (κ1) is 54.8. The zero-order chi connectivity index (χ0) is 10.7. The van der Waals surface area contributed by atoms with Crippen molar-refractivity contribution in [2.45, 2.75) is 20.8 Å². The van der Waals surface area contributed by atoms with Crippen LogP contribution in [0.5, 0.6) is 0 Å². The Morgan fingerprint density at radius 3 is 0.588 bits per heavy atom. The molecule has 0 unspecified atom stereocenters. The van der Waals surface area contributed by atoms with E-state index in [1.54, 1.807) is 0 Å². The monoisotopic (exact) mass is 411 g/mol. The van der Waals surface area contributed by atoms with Crippen LogP contribution in [0.3, 0.4) is 0 Å². The molecule has 0 aliphatic heterocycles. The number of hydrogen-bond acceptors (Lipinski definition) is 3. The minimum absolute atomic E-state index is 0. The predicted molar refractivity (Wildman–Crippen MR) is 54.4 cm³/mol. The van der Waals surface area contributed by atoms with Crippen molar-refractivity contribution in [2.24, 2.45) is 0 Å². The van der Waals surface area contributed by atoms with Gasteiger partial charge < -0.3 is 37.2 Å². The fraction of sp³-hybridized carbons (Fsp3) is 0.500. The van der Waals surface area contributed by atoms with E-state index in [9.17, 15) is 0 Å². The van der Waals surface area contributed by atoms with Gasteiger partial charge in [-0.05, 0) is 0 Å². The molecular weight excluding hydrogens is 391 g/mol. The summed E-state index contributed by atoms with van der Waals surface area (Å²) in [7, 11) is 0. The van der Waals surface area contributed by atoms with Gasteiger partial charge in [-0.25, -0.2) is 0 Å². The molecule has 0 heterocycles. The van der Waals surface area contributed by atoms with Crippen LogP contribution in [0, 0.1) is 38.6 Å². The van der Waals surface area contributed by atoms with E-state index >= 15 is 0 Å². The molecule has 0 fully saturated rings. The van der Waals surface area contributed by atoms with Crippen LogP contribution < -0.4 is 0 Å². The van der Waals surface area contributed by atoms with Gasteiger partial charge in [0.15, 0.2) is 0 Å². The summed E-state index contributed by atoms with van der Waals surface area (Å²) in [4.78, 5) is 27.0.